The normalized spacial score (nSPS) is 16.3. The smallest absolute Gasteiger partial charge is 0.278 e. The van der Waals surface area contributed by atoms with Gasteiger partial charge in [0.25, 0.3) is 5.56 Å². The van der Waals surface area contributed by atoms with E-state index in [1.165, 1.54) is 24.0 Å². The van der Waals surface area contributed by atoms with Crippen molar-refractivity contribution in [3.8, 4) is 5.82 Å². The zero-order valence-corrected chi connectivity index (χ0v) is 20.8. The summed E-state index contributed by atoms with van der Waals surface area (Å²) in [5.74, 6) is 0.914. The minimum Gasteiger partial charge on any atom is -0.324 e. The van der Waals surface area contributed by atoms with Gasteiger partial charge in [-0.05, 0) is 55.2 Å². The van der Waals surface area contributed by atoms with Gasteiger partial charge in [0.15, 0.2) is 11.5 Å². The van der Waals surface area contributed by atoms with Crippen molar-refractivity contribution >= 4 is 22.7 Å². The Bertz CT molecular complexity index is 1530. The molecular weight excluding hydrogens is 457 g/mol. The number of benzene rings is 1. The minimum absolute atomic E-state index is 0.189. The second-order valence-electron chi connectivity index (χ2n) is 10.5. The maximum atomic E-state index is 13.7. The number of nitrogens with zero attached hydrogens (tertiary/aromatic N) is 5. The number of rotatable bonds is 6. The van der Waals surface area contributed by atoms with Gasteiger partial charge in [0, 0.05) is 42.3 Å². The van der Waals surface area contributed by atoms with Crippen molar-refractivity contribution in [3.05, 3.63) is 69.8 Å². The summed E-state index contributed by atoms with van der Waals surface area (Å²) in [6, 6.07) is 11.9. The third kappa shape index (κ3) is 3.61. The molecule has 0 amide bonds. The summed E-state index contributed by atoms with van der Waals surface area (Å²) < 4.78 is 17.0. The van der Waals surface area contributed by atoms with E-state index in [0.29, 0.717) is 40.5 Å². The Hall–Kier alpha value is -3.59. The van der Waals surface area contributed by atoms with Gasteiger partial charge in [-0.3, -0.25) is 9.18 Å². The lowest BCUT2D eigenvalue weighted by atomic mass is 9.88. The fraction of sp³-hybridized carbons (Fsp3) is 0.407. The van der Waals surface area contributed by atoms with E-state index in [1.54, 1.807) is 15.6 Å². The summed E-state index contributed by atoms with van der Waals surface area (Å²) in [5, 5.41) is 7.27. The number of halogens is 1. The monoisotopic (exact) mass is 487 g/mol. The number of pyridine rings is 1. The fourth-order valence-electron chi connectivity index (χ4n) is 5.19. The summed E-state index contributed by atoms with van der Waals surface area (Å²) in [6.07, 6.45) is 4.04. The Balaban J connectivity index is 1.42. The average molecular weight is 488 g/mol. The molecule has 4 aromatic rings. The van der Waals surface area contributed by atoms with Gasteiger partial charge < -0.3 is 10.6 Å². The van der Waals surface area contributed by atoms with Gasteiger partial charge in [-0.15, -0.1) is 0 Å². The van der Waals surface area contributed by atoms with Gasteiger partial charge in [-0.1, -0.05) is 26.0 Å². The van der Waals surface area contributed by atoms with Crippen LogP contribution < -0.4 is 16.2 Å². The van der Waals surface area contributed by atoms with E-state index in [-0.39, 0.29) is 5.56 Å². The van der Waals surface area contributed by atoms with E-state index in [2.05, 4.69) is 33.8 Å². The SMILES string of the molecule is CCn1c(=O)c2cnc(Nc3ccc4c(c3)CNCC43CC3)nc2n1-c1cccc(C(C)(C)CF)n1. The van der Waals surface area contributed by atoms with E-state index < -0.39 is 12.1 Å². The van der Waals surface area contributed by atoms with Crippen LogP contribution in [0.1, 0.15) is 50.4 Å². The van der Waals surface area contributed by atoms with Gasteiger partial charge in [-0.25, -0.2) is 19.3 Å². The highest BCUT2D eigenvalue weighted by molar-refractivity contribution is 5.77. The van der Waals surface area contributed by atoms with Crippen LogP contribution in [0.15, 0.2) is 47.4 Å². The molecule has 9 heteroatoms. The molecule has 8 nitrogen and oxygen atoms in total. The highest BCUT2D eigenvalue weighted by Gasteiger charge is 2.46. The molecule has 1 aliphatic heterocycles. The summed E-state index contributed by atoms with van der Waals surface area (Å²) in [7, 11) is 0. The zero-order chi connectivity index (χ0) is 25.1. The summed E-state index contributed by atoms with van der Waals surface area (Å²) in [5.41, 5.74) is 4.11. The number of aromatic nitrogens is 5. The molecule has 0 radical (unpaired) electrons. The van der Waals surface area contributed by atoms with Crippen molar-refractivity contribution in [2.24, 2.45) is 0 Å². The van der Waals surface area contributed by atoms with Crippen molar-refractivity contribution in [1.29, 1.82) is 0 Å². The van der Waals surface area contributed by atoms with Gasteiger partial charge >= 0.3 is 0 Å². The first-order chi connectivity index (χ1) is 17.3. The molecule has 1 saturated carbocycles. The molecule has 6 rings (SSSR count). The quantitative estimate of drug-likeness (QED) is 0.425. The first-order valence-corrected chi connectivity index (χ1v) is 12.5. The minimum atomic E-state index is -0.738. The van der Waals surface area contributed by atoms with E-state index in [4.69, 9.17) is 9.97 Å². The zero-order valence-electron chi connectivity index (χ0n) is 20.8. The number of fused-ring (bicyclic) bond motifs is 3. The van der Waals surface area contributed by atoms with Crippen LogP contribution in [0, 0.1) is 0 Å². The lowest BCUT2D eigenvalue weighted by molar-refractivity contribution is 0.344. The molecule has 1 spiro atoms. The van der Waals surface area contributed by atoms with E-state index in [1.807, 2.05) is 39.0 Å². The molecule has 2 aliphatic rings. The Morgan fingerprint density at radius 1 is 1.19 bits per heavy atom. The number of alkyl halides is 1. The Morgan fingerprint density at radius 2 is 2.03 bits per heavy atom. The third-order valence-electron chi connectivity index (χ3n) is 7.52. The number of anilines is 2. The van der Waals surface area contributed by atoms with E-state index >= 15 is 0 Å². The number of hydrogen-bond donors (Lipinski definition) is 2. The van der Waals surface area contributed by atoms with Crippen LogP contribution in [-0.2, 0) is 23.9 Å². The molecule has 0 bridgehead atoms. The Labute approximate surface area is 208 Å². The largest absolute Gasteiger partial charge is 0.324 e. The summed E-state index contributed by atoms with van der Waals surface area (Å²) >= 11 is 0. The molecular formula is C27H30FN7O. The van der Waals surface area contributed by atoms with Crippen LogP contribution in [0.25, 0.3) is 16.9 Å². The number of hydrogen-bond acceptors (Lipinski definition) is 6. The number of nitrogens with one attached hydrogen (secondary N) is 2. The maximum Gasteiger partial charge on any atom is 0.278 e. The van der Waals surface area contributed by atoms with Crippen LogP contribution in [0.5, 0.6) is 0 Å². The lowest BCUT2D eigenvalue weighted by Crippen LogP contribution is -2.33. The van der Waals surface area contributed by atoms with Crippen molar-refractivity contribution in [3.63, 3.8) is 0 Å². The second kappa shape index (κ2) is 8.23. The molecule has 0 unspecified atom stereocenters. The van der Waals surface area contributed by atoms with E-state index in [0.717, 1.165) is 18.8 Å². The van der Waals surface area contributed by atoms with Crippen LogP contribution in [0.4, 0.5) is 16.0 Å². The molecule has 1 fully saturated rings. The van der Waals surface area contributed by atoms with Crippen molar-refractivity contribution < 1.29 is 4.39 Å². The molecule has 4 heterocycles. The second-order valence-corrected chi connectivity index (χ2v) is 10.5. The first-order valence-electron chi connectivity index (χ1n) is 12.5. The van der Waals surface area contributed by atoms with E-state index in [9.17, 15) is 9.18 Å². The van der Waals surface area contributed by atoms with Gasteiger partial charge in [0.2, 0.25) is 5.95 Å². The molecule has 0 atom stereocenters. The van der Waals surface area contributed by atoms with Crippen LogP contribution in [0.3, 0.4) is 0 Å². The highest BCUT2D eigenvalue weighted by Crippen LogP contribution is 2.50. The average Bonchev–Trinajstić information content (AvgIpc) is 3.60. The Kier molecular flexibility index (Phi) is 5.22. The van der Waals surface area contributed by atoms with Crippen LogP contribution >= 0.6 is 0 Å². The third-order valence-corrected chi connectivity index (χ3v) is 7.52. The molecule has 186 valence electrons. The van der Waals surface area contributed by atoms with Gasteiger partial charge in [0.1, 0.15) is 12.1 Å². The first kappa shape index (κ1) is 22.8. The predicted octanol–water partition coefficient (Wildman–Crippen LogP) is 4.12. The maximum absolute atomic E-state index is 13.7. The van der Waals surface area contributed by atoms with Crippen LogP contribution in [0.2, 0.25) is 0 Å². The summed E-state index contributed by atoms with van der Waals surface area (Å²) in [4.78, 5) is 27.0. The lowest BCUT2D eigenvalue weighted by Gasteiger charge is -2.26. The molecule has 2 N–H and O–H groups in total. The topological polar surface area (TPSA) is 89.7 Å². The molecule has 1 aliphatic carbocycles. The summed E-state index contributed by atoms with van der Waals surface area (Å²) in [6.45, 7) is 7.30. The molecule has 3 aromatic heterocycles. The highest BCUT2D eigenvalue weighted by atomic mass is 19.1. The predicted molar refractivity (Wildman–Crippen MR) is 138 cm³/mol. The molecule has 36 heavy (non-hydrogen) atoms. The van der Waals surface area contributed by atoms with Crippen molar-refractivity contribution in [1.82, 2.24) is 29.6 Å². The van der Waals surface area contributed by atoms with Gasteiger partial charge in [0.05, 0.1) is 5.69 Å². The molecule has 1 aromatic carbocycles. The van der Waals surface area contributed by atoms with Crippen LogP contribution in [-0.4, -0.2) is 37.5 Å². The van der Waals surface area contributed by atoms with Crippen molar-refractivity contribution in [2.75, 3.05) is 18.5 Å². The molecule has 0 saturated heterocycles. The standard InChI is InChI=1S/C27H30FN7O/c1-4-34-24(36)19-14-30-25(31-18-8-9-20-17(12-18)13-29-16-27(20)10-11-27)33-23(19)35(34)22-7-5-6-21(32-22)26(2,3)15-28/h5-9,12,14,29H,4,10-11,13,15-16H2,1-3H3,(H,30,31,33). The fourth-order valence-corrected chi connectivity index (χ4v) is 5.19. The Morgan fingerprint density at radius 3 is 2.78 bits per heavy atom. The van der Waals surface area contributed by atoms with Crippen molar-refractivity contribution in [2.45, 2.75) is 57.5 Å². The van der Waals surface area contributed by atoms with Gasteiger partial charge in [-0.2, -0.15) is 4.98 Å².